The Balaban J connectivity index is 2.47. The van der Waals surface area contributed by atoms with E-state index in [1.807, 2.05) is 0 Å². The average molecular weight is 324 g/mol. The van der Waals surface area contributed by atoms with Crippen molar-refractivity contribution in [2.45, 2.75) is 26.1 Å². The third-order valence-electron chi connectivity index (χ3n) is 3.14. The van der Waals surface area contributed by atoms with E-state index in [9.17, 15) is 0 Å². The summed E-state index contributed by atoms with van der Waals surface area (Å²) in [6.07, 6.45) is 0. The Labute approximate surface area is 122 Å². The fourth-order valence-electron chi connectivity index (χ4n) is 2.04. The molecule has 2 heteroatoms. The maximum absolute atomic E-state index is 6.64. The van der Waals surface area contributed by atoms with Crippen LogP contribution in [0.2, 0.25) is 0 Å². The van der Waals surface area contributed by atoms with Gasteiger partial charge < -0.3 is 0 Å². The quantitative estimate of drug-likeness (QED) is 0.622. The van der Waals surface area contributed by atoms with E-state index in [1.54, 1.807) is 0 Å². The first kappa shape index (κ1) is 13.6. The summed E-state index contributed by atoms with van der Waals surface area (Å²) in [5.74, 6) is 0. The van der Waals surface area contributed by atoms with E-state index in [2.05, 4.69) is 73.1 Å². The SMILES string of the molecule is Cc1ccc(C(Cl)c2cc(C)ccc2C)c(Br)c1. The van der Waals surface area contributed by atoms with Gasteiger partial charge in [0, 0.05) is 4.47 Å². The molecule has 2 aromatic rings. The summed E-state index contributed by atoms with van der Waals surface area (Å²) < 4.78 is 1.07. The second-order valence-corrected chi connectivity index (χ2v) is 6.04. The lowest BCUT2D eigenvalue weighted by atomic mass is 9.97. The molecule has 0 saturated heterocycles. The van der Waals surface area contributed by atoms with Gasteiger partial charge in [0.15, 0.2) is 0 Å². The van der Waals surface area contributed by atoms with Crippen molar-refractivity contribution < 1.29 is 0 Å². The lowest BCUT2D eigenvalue weighted by molar-refractivity contribution is 1.09. The molecule has 0 N–H and O–H groups in total. The molecule has 18 heavy (non-hydrogen) atoms. The molecule has 2 aromatic carbocycles. The van der Waals surface area contributed by atoms with Crippen LogP contribution in [0.4, 0.5) is 0 Å². The highest BCUT2D eigenvalue weighted by Crippen LogP contribution is 2.36. The van der Waals surface area contributed by atoms with Crippen LogP contribution in [0, 0.1) is 20.8 Å². The van der Waals surface area contributed by atoms with E-state index in [4.69, 9.17) is 11.6 Å². The Hall–Kier alpha value is -0.790. The highest BCUT2D eigenvalue weighted by Gasteiger charge is 2.16. The van der Waals surface area contributed by atoms with Crippen LogP contribution in [0.5, 0.6) is 0 Å². The molecule has 0 heterocycles. The largest absolute Gasteiger partial charge is 0.113 e. The zero-order valence-corrected chi connectivity index (χ0v) is 13.1. The van der Waals surface area contributed by atoms with Crippen LogP contribution < -0.4 is 0 Å². The van der Waals surface area contributed by atoms with Crippen molar-refractivity contribution in [2.24, 2.45) is 0 Å². The van der Waals surface area contributed by atoms with Gasteiger partial charge in [0.25, 0.3) is 0 Å². The highest BCUT2D eigenvalue weighted by molar-refractivity contribution is 9.10. The number of aryl methyl sites for hydroxylation is 3. The van der Waals surface area contributed by atoms with E-state index in [0.29, 0.717) is 0 Å². The van der Waals surface area contributed by atoms with Crippen LogP contribution in [0.1, 0.15) is 33.2 Å². The first-order valence-corrected chi connectivity index (χ1v) is 7.19. The predicted molar refractivity (Wildman–Crippen MR) is 82.5 cm³/mol. The molecule has 2 rings (SSSR count). The number of hydrogen-bond donors (Lipinski definition) is 0. The van der Waals surface area contributed by atoms with Gasteiger partial charge in [-0.05, 0) is 49.1 Å². The van der Waals surface area contributed by atoms with Crippen molar-refractivity contribution in [3.05, 3.63) is 68.7 Å². The van der Waals surface area contributed by atoms with Crippen molar-refractivity contribution in [3.63, 3.8) is 0 Å². The minimum atomic E-state index is -0.111. The van der Waals surface area contributed by atoms with Crippen molar-refractivity contribution in [1.29, 1.82) is 0 Å². The molecular weight excluding hydrogens is 308 g/mol. The van der Waals surface area contributed by atoms with Gasteiger partial charge >= 0.3 is 0 Å². The average Bonchev–Trinajstić information content (AvgIpc) is 2.31. The van der Waals surface area contributed by atoms with Gasteiger partial charge in [-0.25, -0.2) is 0 Å². The lowest BCUT2D eigenvalue weighted by Crippen LogP contribution is -1.98. The van der Waals surface area contributed by atoms with E-state index in [1.165, 1.54) is 22.3 Å². The molecule has 94 valence electrons. The molecule has 0 aliphatic carbocycles. The summed E-state index contributed by atoms with van der Waals surface area (Å²) >= 11 is 10.2. The van der Waals surface area contributed by atoms with Gasteiger partial charge in [0.2, 0.25) is 0 Å². The van der Waals surface area contributed by atoms with E-state index >= 15 is 0 Å². The normalized spacial score (nSPS) is 12.5. The molecule has 0 amide bonds. The molecule has 1 atom stereocenters. The number of halogens is 2. The molecule has 0 aliphatic heterocycles. The van der Waals surface area contributed by atoms with Crippen LogP contribution in [-0.4, -0.2) is 0 Å². The summed E-state index contributed by atoms with van der Waals surface area (Å²) in [7, 11) is 0. The number of rotatable bonds is 2. The lowest BCUT2D eigenvalue weighted by Gasteiger charge is -2.16. The molecule has 0 nitrogen and oxygen atoms in total. The summed E-state index contributed by atoms with van der Waals surface area (Å²) in [6, 6.07) is 12.7. The standard InChI is InChI=1S/C16H16BrCl/c1-10-4-6-12(3)14(8-10)16(18)13-7-5-11(2)9-15(13)17/h4-9,16H,1-3H3. The van der Waals surface area contributed by atoms with Crippen LogP contribution in [0.3, 0.4) is 0 Å². The zero-order chi connectivity index (χ0) is 13.3. The maximum Gasteiger partial charge on any atom is 0.0848 e. The summed E-state index contributed by atoms with van der Waals surface area (Å²) in [5.41, 5.74) is 6.00. The minimum Gasteiger partial charge on any atom is -0.113 e. The highest BCUT2D eigenvalue weighted by atomic mass is 79.9. The van der Waals surface area contributed by atoms with Crippen molar-refractivity contribution in [2.75, 3.05) is 0 Å². The Bertz CT molecular complexity index is 575. The van der Waals surface area contributed by atoms with Crippen molar-refractivity contribution in [3.8, 4) is 0 Å². The Morgan fingerprint density at radius 2 is 1.50 bits per heavy atom. The van der Waals surface area contributed by atoms with Crippen molar-refractivity contribution in [1.82, 2.24) is 0 Å². The molecule has 0 aromatic heterocycles. The summed E-state index contributed by atoms with van der Waals surface area (Å²) in [6.45, 7) is 6.28. The fourth-order valence-corrected chi connectivity index (χ4v) is 3.32. The molecular formula is C16H16BrCl. The maximum atomic E-state index is 6.64. The van der Waals surface area contributed by atoms with Crippen LogP contribution in [0.25, 0.3) is 0 Å². The first-order chi connectivity index (χ1) is 8.49. The molecule has 0 aliphatic rings. The topological polar surface area (TPSA) is 0 Å². The first-order valence-electron chi connectivity index (χ1n) is 5.96. The summed E-state index contributed by atoms with van der Waals surface area (Å²) in [4.78, 5) is 0. The third kappa shape index (κ3) is 2.78. The van der Waals surface area contributed by atoms with E-state index < -0.39 is 0 Å². The second kappa shape index (κ2) is 5.46. The fraction of sp³-hybridized carbons (Fsp3) is 0.250. The Kier molecular flexibility index (Phi) is 4.14. The molecule has 0 bridgehead atoms. The molecule has 0 fully saturated rings. The molecule has 0 saturated carbocycles. The number of hydrogen-bond acceptors (Lipinski definition) is 0. The van der Waals surface area contributed by atoms with Crippen LogP contribution >= 0.6 is 27.5 Å². The van der Waals surface area contributed by atoms with Crippen molar-refractivity contribution >= 4 is 27.5 Å². The summed E-state index contributed by atoms with van der Waals surface area (Å²) in [5, 5.41) is -0.111. The number of benzene rings is 2. The van der Waals surface area contributed by atoms with Gasteiger partial charge in [0.05, 0.1) is 5.38 Å². The molecule has 0 spiro atoms. The molecule has 0 radical (unpaired) electrons. The van der Waals surface area contributed by atoms with Gasteiger partial charge in [-0.2, -0.15) is 0 Å². The zero-order valence-electron chi connectivity index (χ0n) is 10.8. The monoisotopic (exact) mass is 322 g/mol. The van der Waals surface area contributed by atoms with Crippen LogP contribution in [0.15, 0.2) is 40.9 Å². The predicted octanol–water partition coefficient (Wildman–Crippen LogP) is 5.70. The Morgan fingerprint density at radius 1 is 0.889 bits per heavy atom. The van der Waals surface area contributed by atoms with E-state index in [0.717, 1.165) is 10.0 Å². The smallest absolute Gasteiger partial charge is 0.0848 e. The minimum absolute atomic E-state index is 0.111. The number of alkyl halides is 1. The Morgan fingerprint density at radius 3 is 2.17 bits per heavy atom. The van der Waals surface area contributed by atoms with E-state index in [-0.39, 0.29) is 5.38 Å². The van der Waals surface area contributed by atoms with Gasteiger partial charge in [-0.3, -0.25) is 0 Å². The van der Waals surface area contributed by atoms with Gasteiger partial charge in [0.1, 0.15) is 0 Å². The van der Waals surface area contributed by atoms with Gasteiger partial charge in [-0.15, -0.1) is 11.6 Å². The van der Waals surface area contributed by atoms with Gasteiger partial charge in [-0.1, -0.05) is 51.8 Å². The third-order valence-corrected chi connectivity index (χ3v) is 4.29. The van der Waals surface area contributed by atoms with Crippen LogP contribution in [-0.2, 0) is 0 Å². The molecule has 1 unspecified atom stereocenters. The second-order valence-electron chi connectivity index (χ2n) is 4.75.